The number of hydrogen-bond donors (Lipinski definition) is 2. The van der Waals surface area contributed by atoms with Crippen LogP contribution in [0.4, 0.5) is 5.82 Å². The first kappa shape index (κ1) is 20.8. The molecule has 33 heavy (non-hydrogen) atoms. The van der Waals surface area contributed by atoms with E-state index in [4.69, 9.17) is 10.3 Å². The van der Waals surface area contributed by atoms with Gasteiger partial charge in [0.25, 0.3) is 11.8 Å². The van der Waals surface area contributed by atoms with Crippen LogP contribution in [0.5, 0.6) is 0 Å². The number of benzene rings is 2. The SMILES string of the molecule is Nc1ncc(-c2ccc(C(=O)N3CCCNCC3)cc2)nc1-c1noc(-c2ccccc2)n1. The van der Waals surface area contributed by atoms with E-state index < -0.39 is 0 Å². The topological polar surface area (TPSA) is 123 Å². The molecule has 1 aliphatic rings. The second-order valence-corrected chi connectivity index (χ2v) is 7.75. The van der Waals surface area contributed by atoms with Gasteiger partial charge in [0, 0.05) is 36.3 Å². The van der Waals surface area contributed by atoms with Crippen molar-refractivity contribution >= 4 is 11.7 Å². The Kier molecular flexibility index (Phi) is 5.77. The van der Waals surface area contributed by atoms with E-state index in [0.29, 0.717) is 29.4 Å². The third kappa shape index (κ3) is 4.44. The van der Waals surface area contributed by atoms with E-state index in [1.807, 2.05) is 59.5 Å². The quantitative estimate of drug-likeness (QED) is 0.496. The van der Waals surface area contributed by atoms with Gasteiger partial charge in [0.05, 0.1) is 11.9 Å². The predicted octanol–water partition coefficient (Wildman–Crippen LogP) is 2.88. The van der Waals surface area contributed by atoms with E-state index in [1.165, 1.54) is 0 Å². The number of aromatic nitrogens is 4. The third-order valence-electron chi connectivity index (χ3n) is 5.51. The molecule has 0 spiro atoms. The number of amides is 1. The summed E-state index contributed by atoms with van der Waals surface area (Å²) in [4.78, 5) is 28.0. The second kappa shape index (κ2) is 9.17. The van der Waals surface area contributed by atoms with Crippen molar-refractivity contribution in [2.75, 3.05) is 31.9 Å². The summed E-state index contributed by atoms with van der Waals surface area (Å²) in [7, 11) is 0. The van der Waals surface area contributed by atoms with Gasteiger partial charge in [0.15, 0.2) is 11.5 Å². The lowest BCUT2D eigenvalue weighted by molar-refractivity contribution is 0.0766. The fourth-order valence-electron chi connectivity index (χ4n) is 3.73. The molecule has 3 N–H and O–H groups in total. The maximum atomic E-state index is 12.8. The molecule has 1 saturated heterocycles. The van der Waals surface area contributed by atoms with Crippen molar-refractivity contribution in [2.45, 2.75) is 6.42 Å². The van der Waals surface area contributed by atoms with Gasteiger partial charge in [-0.3, -0.25) is 4.79 Å². The number of nitrogen functional groups attached to an aromatic ring is 1. The van der Waals surface area contributed by atoms with Gasteiger partial charge < -0.3 is 20.5 Å². The molecule has 0 radical (unpaired) electrons. The Hall–Kier alpha value is -4.11. The molecule has 0 atom stereocenters. The van der Waals surface area contributed by atoms with Gasteiger partial charge >= 0.3 is 0 Å². The van der Waals surface area contributed by atoms with Crippen LogP contribution in [0.2, 0.25) is 0 Å². The van der Waals surface area contributed by atoms with Crippen molar-refractivity contribution < 1.29 is 9.32 Å². The Morgan fingerprint density at radius 3 is 2.61 bits per heavy atom. The van der Waals surface area contributed by atoms with Gasteiger partial charge in [0.1, 0.15) is 0 Å². The van der Waals surface area contributed by atoms with Crippen molar-refractivity contribution in [3.63, 3.8) is 0 Å². The average molecular weight is 441 g/mol. The number of carbonyl (C=O) groups is 1. The molecule has 1 amide bonds. The van der Waals surface area contributed by atoms with E-state index in [2.05, 4.69) is 25.4 Å². The zero-order chi connectivity index (χ0) is 22.6. The van der Waals surface area contributed by atoms with Gasteiger partial charge in [-0.1, -0.05) is 35.5 Å². The van der Waals surface area contributed by atoms with Gasteiger partial charge in [-0.2, -0.15) is 4.98 Å². The summed E-state index contributed by atoms with van der Waals surface area (Å²) in [6.45, 7) is 3.23. The monoisotopic (exact) mass is 441 g/mol. The Bertz CT molecular complexity index is 1250. The van der Waals surface area contributed by atoms with Crippen molar-refractivity contribution in [1.29, 1.82) is 0 Å². The lowest BCUT2D eigenvalue weighted by Gasteiger charge is -2.20. The molecule has 1 fully saturated rings. The largest absolute Gasteiger partial charge is 0.382 e. The van der Waals surface area contributed by atoms with E-state index in [1.54, 1.807) is 6.20 Å². The fraction of sp³-hybridized carbons (Fsp3) is 0.208. The summed E-state index contributed by atoms with van der Waals surface area (Å²) >= 11 is 0. The van der Waals surface area contributed by atoms with Gasteiger partial charge in [-0.05, 0) is 37.2 Å². The zero-order valence-corrected chi connectivity index (χ0v) is 17.9. The summed E-state index contributed by atoms with van der Waals surface area (Å²) in [5, 5.41) is 7.34. The van der Waals surface area contributed by atoms with Crippen molar-refractivity contribution in [2.24, 2.45) is 0 Å². The maximum absolute atomic E-state index is 12.8. The van der Waals surface area contributed by atoms with E-state index in [-0.39, 0.29) is 17.5 Å². The number of hydrogen-bond acceptors (Lipinski definition) is 8. The number of nitrogens with zero attached hydrogens (tertiary/aromatic N) is 5. The average Bonchev–Trinajstić information content (AvgIpc) is 3.19. The minimum atomic E-state index is 0.0366. The maximum Gasteiger partial charge on any atom is 0.258 e. The van der Waals surface area contributed by atoms with Crippen LogP contribution in [0, 0.1) is 0 Å². The molecule has 0 unspecified atom stereocenters. The summed E-state index contributed by atoms with van der Waals surface area (Å²) in [5.74, 6) is 0.890. The summed E-state index contributed by atoms with van der Waals surface area (Å²) in [5.41, 5.74) is 9.26. The van der Waals surface area contributed by atoms with Gasteiger partial charge in [-0.15, -0.1) is 0 Å². The molecular weight excluding hydrogens is 418 g/mol. The molecule has 3 heterocycles. The van der Waals surface area contributed by atoms with Crippen LogP contribution in [-0.2, 0) is 0 Å². The molecule has 2 aromatic carbocycles. The van der Waals surface area contributed by atoms with E-state index >= 15 is 0 Å². The van der Waals surface area contributed by atoms with Crippen LogP contribution in [-0.4, -0.2) is 57.1 Å². The first-order valence-corrected chi connectivity index (χ1v) is 10.8. The number of nitrogens with one attached hydrogen (secondary N) is 1. The predicted molar refractivity (Wildman–Crippen MR) is 124 cm³/mol. The third-order valence-corrected chi connectivity index (χ3v) is 5.51. The molecule has 166 valence electrons. The number of anilines is 1. The molecule has 0 bridgehead atoms. The van der Waals surface area contributed by atoms with Crippen LogP contribution < -0.4 is 11.1 Å². The highest BCUT2D eigenvalue weighted by Gasteiger charge is 2.19. The van der Waals surface area contributed by atoms with Crippen LogP contribution in [0.1, 0.15) is 16.8 Å². The first-order chi connectivity index (χ1) is 16.2. The minimum Gasteiger partial charge on any atom is -0.382 e. The summed E-state index contributed by atoms with van der Waals surface area (Å²) < 4.78 is 5.38. The van der Waals surface area contributed by atoms with E-state index in [9.17, 15) is 4.79 Å². The van der Waals surface area contributed by atoms with Crippen molar-refractivity contribution in [3.8, 4) is 34.2 Å². The zero-order valence-electron chi connectivity index (χ0n) is 17.9. The standard InChI is InChI=1S/C24H23N7O2/c25-21-20(22-29-23(33-30-22)17-5-2-1-3-6-17)28-19(15-27-21)16-7-9-18(10-8-16)24(32)31-13-4-11-26-12-14-31/h1-3,5-10,15,26H,4,11-14H2,(H2,25,27). The Labute approximate surface area is 190 Å². The molecule has 0 aliphatic carbocycles. The Morgan fingerprint density at radius 2 is 1.79 bits per heavy atom. The molecule has 1 aliphatic heterocycles. The first-order valence-electron chi connectivity index (χ1n) is 10.8. The fourth-order valence-corrected chi connectivity index (χ4v) is 3.73. The van der Waals surface area contributed by atoms with Crippen LogP contribution in [0.3, 0.4) is 0 Å². The van der Waals surface area contributed by atoms with Crippen LogP contribution >= 0.6 is 0 Å². The highest BCUT2D eigenvalue weighted by atomic mass is 16.5. The van der Waals surface area contributed by atoms with Crippen LogP contribution in [0.15, 0.2) is 65.3 Å². The molecular formula is C24H23N7O2. The van der Waals surface area contributed by atoms with Gasteiger partial charge in [-0.25, -0.2) is 9.97 Å². The molecule has 0 saturated carbocycles. The molecule has 4 aromatic rings. The highest BCUT2D eigenvalue weighted by Crippen LogP contribution is 2.26. The number of rotatable bonds is 4. The smallest absolute Gasteiger partial charge is 0.258 e. The minimum absolute atomic E-state index is 0.0366. The number of carbonyl (C=O) groups excluding carboxylic acids is 1. The molecule has 9 nitrogen and oxygen atoms in total. The van der Waals surface area contributed by atoms with Crippen molar-refractivity contribution in [3.05, 3.63) is 66.4 Å². The van der Waals surface area contributed by atoms with E-state index in [0.717, 1.165) is 37.2 Å². The highest BCUT2D eigenvalue weighted by molar-refractivity contribution is 5.94. The summed E-state index contributed by atoms with van der Waals surface area (Å²) in [6.07, 6.45) is 2.55. The van der Waals surface area contributed by atoms with Crippen LogP contribution in [0.25, 0.3) is 34.2 Å². The molecule has 9 heteroatoms. The van der Waals surface area contributed by atoms with Gasteiger partial charge in [0.2, 0.25) is 5.82 Å². The Balaban J connectivity index is 1.39. The van der Waals surface area contributed by atoms with Crippen molar-refractivity contribution in [1.82, 2.24) is 30.3 Å². The summed E-state index contributed by atoms with van der Waals surface area (Å²) in [6, 6.07) is 16.8. The number of nitrogens with two attached hydrogens (primary N) is 1. The Morgan fingerprint density at radius 1 is 0.970 bits per heavy atom. The lowest BCUT2D eigenvalue weighted by Crippen LogP contribution is -2.34. The lowest BCUT2D eigenvalue weighted by atomic mass is 10.1. The normalized spacial score (nSPS) is 14.1. The molecule has 2 aromatic heterocycles. The molecule has 5 rings (SSSR count). The second-order valence-electron chi connectivity index (χ2n) is 7.75.